The lowest BCUT2D eigenvalue weighted by atomic mass is 10.1. The summed E-state index contributed by atoms with van der Waals surface area (Å²) in [5.74, 6) is -2.17. The summed E-state index contributed by atoms with van der Waals surface area (Å²) in [5, 5.41) is 3.46. The first-order chi connectivity index (χ1) is 19.2. The number of halogens is 1. The number of amides is 2. The Balaban J connectivity index is 1.70. The minimum atomic E-state index is -0.647. The van der Waals surface area contributed by atoms with Crippen molar-refractivity contribution in [3.05, 3.63) is 44.0 Å². The average Bonchev–Trinajstić information content (AvgIpc) is 3.40. The Hall–Kier alpha value is -2.71. The maximum Gasteiger partial charge on any atom is 0.348 e. The third kappa shape index (κ3) is 8.16. The number of hydrogen-bond donors (Lipinski definition) is 1. The molecule has 1 aromatic carbocycles. The standard InChI is InChI=1S/C26H30ClN3O7S3/c1-5-35-11-10-30-17-9-8-16(27)12-18(17)39-26(30)29-20(32)14-38-13-19(31)28-23-21(24(33)36-6-2)15(4)22(40-23)25(34)37-7-3/h8-9,12H,5-7,10-11,13-14H2,1-4H3,(H,28,31). The van der Waals surface area contributed by atoms with Crippen LogP contribution in [0.25, 0.3) is 10.2 Å². The van der Waals surface area contributed by atoms with Gasteiger partial charge in [0.1, 0.15) is 9.88 Å². The number of esters is 2. The number of nitrogens with one attached hydrogen (secondary N) is 1. The van der Waals surface area contributed by atoms with Crippen molar-refractivity contribution in [1.82, 2.24) is 4.57 Å². The molecule has 2 heterocycles. The Bertz CT molecular complexity index is 1460. The highest BCUT2D eigenvalue weighted by atomic mass is 35.5. The summed E-state index contributed by atoms with van der Waals surface area (Å²) in [5.41, 5.74) is 1.39. The average molecular weight is 628 g/mol. The van der Waals surface area contributed by atoms with E-state index in [4.69, 9.17) is 25.8 Å². The Kier molecular flexibility index (Phi) is 12.2. The van der Waals surface area contributed by atoms with Crippen molar-refractivity contribution in [3.8, 4) is 0 Å². The normalized spacial score (nSPS) is 11.6. The van der Waals surface area contributed by atoms with Crippen molar-refractivity contribution in [2.24, 2.45) is 4.99 Å². The number of aromatic nitrogens is 1. The van der Waals surface area contributed by atoms with Crippen LogP contribution in [0.5, 0.6) is 0 Å². The molecule has 40 heavy (non-hydrogen) atoms. The molecule has 0 aliphatic carbocycles. The van der Waals surface area contributed by atoms with Crippen molar-refractivity contribution in [1.29, 1.82) is 0 Å². The summed E-state index contributed by atoms with van der Waals surface area (Å²) in [6.07, 6.45) is 0. The molecule has 10 nitrogen and oxygen atoms in total. The number of ether oxygens (including phenoxy) is 3. The van der Waals surface area contributed by atoms with Crippen molar-refractivity contribution in [2.45, 2.75) is 34.2 Å². The van der Waals surface area contributed by atoms with Gasteiger partial charge in [-0.1, -0.05) is 22.9 Å². The van der Waals surface area contributed by atoms with Gasteiger partial charge in [0.25, 0.3) is 5.91 Å². The predicted molar refractivity (Wildman–Crippen MR) is 159 cm³/mol. The van der Waals surface area contributed by atoms with E-state index in [0.717, 1.165) is 33.3 Å². The van der Waals surface area contributed by atoms with Gasteiger partial charge < -0.3 is 24.1 Å². The van der Waals surface area contributed by atoms with E-state index >= 15 is 0 Å². The summed E-state index contributed by atoms with van der Waals surface area (Å²) >= 11 is 9.52. The number of thiophene rings is 1. The zero-order valence-electron chi connectivity index (χ0n) is 22.5. The predicted octanol–water partition coefficient (Wildman–Crippen LogP) is 4.92. The summed E-state index contributed by atoms with van der Waals surface area (Å²) in [6.45, 7) is 8.73. The fourth-order valence-corrected chi connectivity index (χ4v) is 6.68. The van der Waals surface area contributed by atoms with Crippen LogP contribution in [0.3, 0.4) is 0 Å². The molecule has 14 heteroatoms. The molecule has 2 amide bonds. The number of rotatable bonds is 13. The first-order valence-corrected chi connectivity index (χ1v) is 15.7. The van der Waals surface area contributed by atoms with Crippen LogP contribution in [0.15, 0.2) is 23.2 Å². The number of carbonyl (C=O) groups excluding carboxylic acids is 4. The van der Waals surface area contributed by atoms with Crippen molar-refractivity contribution in [2.75, 3.05) is 43.3 Å². The molecule has 0 fully saturated rings. The quantitative estimate of drug-likeness (QED) is 0.209. The highest BCUT2D eigenvalue weighted by Gasteiger charge is 2.27. The van der Waals surface area contributed by atoms with E-state index in [0.29, 0.717) is 35.1 Å². The summed E-state index contributed by atoms with van der Waals surface area (Å²) in [4.78, 5) is 55.2. The van der Waals surface area contributed by atoms with Gasteiger partial charge in [-0.3, -0.25) is 9.59 Å². The maximum absolute atomic E-state index is 12.7. The molecule has 0 radical (unpaired) electrons. The van der Waals surface area contributed by atoms with Crippen LogP contribution < -0.4 is 10.1 Å². The Morgan fingerprint density at radius 3 is 2.45 bits per heavy atom. The molecule has 0 unspecified atom stereocenters. The smallest absolute Gasteiger partial charge is 0.348 e. The van der Waals surface area contributed by atoms with E-state index in [1.807, 2.05) is 23.6 Å². The van der Waals surface area contributed by atoms with E-state index in [9.17, 15) is 19.2 Å². The van der Waals surface area contributed by atoms with Gasteiger partial charge >= 0.3 is 11.9 Å². The van der Waals surface area contributed by atoms with Crippen LogP contribution in [-0.4, -0.2) is 66.3 Å². The van der Waals surface area contributed by atoms with E-state index < -0.39 is 23.8 Å². The van der Waals surface area contributed by atoms with Gasteiger partial charge in [-0.2, -0.15) is 4.99 Å². The fraction of sp³-hybridized carbons (Fsp3) is 0.423. The lowest BCUT2D eigenvalue weighted by Crippen LogP contribution is -2.20. The highest BCUT2D eigenvalue weighted by molar-refractivity contribution is 8.00. The largest absolute Gasteiger partial charge is 0.462 e. The van der Waals surface area contributed by atoms with E-state index in [-0.39, 0.29) is 40.2 Å². The topological polar surface area (TPSA) is 125 Å². The van der Waals surface area contributed by atoms with Gasteiger partial charge in [0.15, 0.2) is 4.80 Å². The van der Waals surface area contributed by atoms with Crippen molar-refractivity contribution in [3.63, 3.8) is 0 Å². The molecule has 3 rings (SSSR count). The van der Waals surface area contributed by atoms with Gasteiger partial charge in [0, 0.05) is 18.2 Å². The minimum Gasteiger partial charge on any atom is -0.462 e. The molecule has 0 atom stereocenters. The number of thiazole rings is 1. The molecule has 0 aliphatic rings. The maximum atomic E-state index is 12.7. The van der Waals surface area contributed by atoms with Crippen LogP contribution in [0, 0.1) is 6.92 Å². The van der Waals surface area contributed by atoms with Crippen LogP contribution in [-0.2, 0) is 30.3 Å². The van der Waals surface area contributed by atoms with Crippen LogP contribution in [0.4, 0.5) is 5.00 Å². The van der Waals surface area contributed by atoms with Gasteiger partial charge in [-0.15, -0.1) is 23.1 Å². The lowest BCUT2D eigenvalue weighted by Gasteiger charge is -2.07. The molecule has 0 saturated heterocycles. The Labute approximate surface area is 248 Å². The molecule has 0 spiro atoms. The second-order valence-electron chi connectivity index (χ2n) is 8.09. The number of fused-ring (bicyclic) bond motifs is 1. The van der Waals surface area contributed by atoms with Crippen LogP contribution in [0.1, 0.15) is 46.4 Å². The number of benzene rings is 1. The van der Waals surface area contributed by atoms with E-state index in [1.165, 1.54) is 11.3 Å². The number of carbonyl (C=O) groups is 4. The monoisotopic (exact) mass is 627 g/mol. The van der Waals surface area contributed by atoms with Crippen LogP contribution >= 0.6 is 46.0 Å². The SMILES string of the molecule is CCOCCn1c(=NC(=O)CSCC(=O)Nc2sc(C(=O)OCC)c(C)c2C(=O)OCC)sc2cc(Cl)ccc21. The third-order valence-electron chi connectivity index (χ3n) is 5.33. The van der Waals surface area contributed by atoms with Gasteiger partial charge in [0.2, 0.25) is 5.91 Å². The van der Waals surface area contributed by atoms with Crippen molar-refractivity contribution >= 4 is 85.0 Å². The summed E-state index contributed by atoms with van der Waals surface area (Å²) in [6, 6.07) is 5.49. The van der Waals surface area contributed by atoms with Gasteiger partial charge in [-0.25, -0.2) is 9.59 Å². The molecule has 0 aliphatic heterocycles. The van der Waals surface area contributed by atoms with Crippen LogP contribution in [0.2, 0.25) is 5.02 Å². The molecule has 3 aromatic rings. The first kappa shape index (κ1) is 31.8. The minimum absolute atomic E-state index is 0.0316. The number of nitrogens with zero attached hydrogens (tertiary/aromatic N) is 2. The molecule has 2 aromatic heterocycles. The first-order valence-electron chi connectivity index (χ1n) is 12.5. The van der Waals surface area contributed by atoms with E-state index in [1.54, 1.807) is 26.8 Å². The molecular formula is C26H30ClN3O7S3. The Morgan fingerprint density at radius 1 is 1.02 bits per heavy atom. The van der Waals surface area contributed by atoms with Gasteiger partial charge in [0.05, 0.1) is 47.1 Å². The van der Waals surface area contributed by atoms with Crippen molar-refractivity contribution < 1.29 is 33.4 Å². The Morgan fingerprint density at radius 2 is 1.75 bits per heavy atom. The third-order valence-corrected chi connectivity index (χ3v) is 8.71. The summed E-state index contributed by atoms with van der Waals surface area (Å²) < 4.78 is 18.5. The zero-order chi connectivity index (χ0) is 29.2. The lowest BCUT2D eigenvalue weighted by molar-refractivity contribution is -0.115. The number of thioether (sulfide) groups is 1. The van der Waals surface area contributed by atoms with E-state index in [2.05, 4.69) is 10.3 Å². The molecule has 1 N–H and O–H groups in total. The number of hydrogen-bond acceptors (Lipinski definition) is 10. The number of anilines is 1. The second kappa shape index (κ2) is 15.3. The zero-order valence-corrected chi connectivity index (χ0v) is 25.7. The summed E-state index contributed by atoms with van der Waals surface area (Å²) in [7, 11) is 0. The molecular weight excluding hydrogens is 598 g/mol. The second-order valence-corrected chi connectivity index (χ2v) is 11.5. The molecule has 0 saturated carbocycles. The van der Waals surface area contributed by atoms with Gasteiger partial charge in [-0.05, 0) is 51.5 Å². The molecule has 0 bridgehead atoms. The highest BCUT2D eigenvalue weighted by Crippen LogP contribution is 2.34. The fourth-order valence-electron chi connectivity index (χ4n) is 3.62. The molecule has 216 valence electrons.